The quantitative estimate of drug-likeness (QED) is 0.607. The lowest BCUT2D eigenvalue weighted by atomic mass is 10.1. The van der Waals surface area contributed by atoms with Crippen LogP contribution in [0.1, 0.15) is 11.1 Å². The molecule has 1 atom stereocenters. The second-order valence-corrected chi connectivity index (χ2v) is 5.16. The van der Waals surface area contributed by atoms with Gasteiger partial charge in [0, 0.05) is 20.1 Å². The van der Waals surface area contributed by atoms with E-state index in [0.29, 0.717) is 6.61 Å². The smallest absolute Gasteiger partial charge is 0.122 e. The fourth-order valence-electron chi connectivity index (χ4n) is 2.13. The Bertz CT molecular complexity index is 384. The van der Waals surface area contributed by atoms with E-state index in [-0.39, 0.29) is 5.38 Å². The van der Waals surface area contributed by atoms with Crippen molar-refractivity contribution >= 4 is 11.6 Å². The number of benzene rings is 1. The highest BCUT2D eigenvalue weighted by Gasteiger charge is 2.11. The summed E-state index contributed by atoms with van der Waals surface area (Å²) in [4.78, 5) is 0. The van der Waals surface area contributed by atoms with Gasteiger partial charge >= 0.3 is 0 Å². The lowest BCUT2D eigenvalue weighted by molar-refractivity contribution is 0.197. The normalized spacial score (nSPS) is 15.2. The maximum absolute atomic E-state index is 6.04. The Kier molecular flexibility index (Phi) is 5.29. The average molecular weight is 270 g/mol. The summed E-state index contributed by atoms with van der Waals surface area (Å²) in [5, 5.41) is 3.39. The molecular weight excluding hydrogens is 250 g/mol. The van der Waals surface area contributed by atoms with Crippen LogP contribution in [-0.4, -0.2) is 38.8 Å². The molecule has 3 nitrogen and oxygen atoms in total. The van der Waals surface area contributed by atoms with Crippen LogP contribution in [0.4, 0.5) is 0 Å². The molecule has 1 heterocycles. The molecule has 0 aromatic heterocycles. The molecule has 0 bridgehead atoms. The molecule has 0 saturated carbocycles. The van der Waals surface area contributed by atoms with Crippen molar-refractivity contribution in [3.05, 3.63) is 29.3 Å². The number of hydrogen-bond acceptors (Lipinski definition) is 3. The predicted molar refractivity (Wildman–Crippen MR) is 73.7 cm³/mol. The summed E-state index contributed by atoms with van der Waals surface area (Å²) in [5.41, 5.74) is 2.69. The Balaban J connectivity index is 1.70. The topological polar surface area (TPSA) is 30.5 Å². The van der Waals surface area contributed by atoms with Gasteiger partial charge in [-0.15, -0.1) is 11.6 Å². The van der Waals surface area contributed by atoms with E-state index < -0.39 is 0 Å². The Labute approximate surface area is 113 Å². The first-order valence-electron chi connectivity index (χ1n) is 6.38. The Morgan fingerprint density at radius 3 is 3.22 bits per heavy atom. The first-order valence-corrected chi connectivity index (χ1v) is 6.81. The lowest BCUT2D eigenvalue weighted by Crippen LogP contribution is -2.27. The third-order valence-corrected chi connectivity index (χ3v) is 3.34. The molecule has 1 aliphatic rings. The second-order valence-electron chi connectivity index (χ2n) is 4.55. The summed E-state index contributed by atoms with van der Waals surface area (Å²) in [5.74, 6) is 1.05. The van der Waals surface area contributed by atoms with E-state index in [1.54, 1.807) is 7.11 Å². The minimum absolute atomic E-state index is 0.0448. The van der Waals surface area contributed by atoms with Crippen molar-refractivity contribution in [3.8, 4) is 5.75 Å². The highest BCUT2D eigenvalue weighted by molar-refractivity contribution is 6.20. The minimum Gasteiger partial charge on any atom is -0.493 e. The number of ether oxygens (including phenoxy) is 2. The van der Waals surface area contributed by atoms with Crippen molar-refractivity contribution in [2.45, 2.75) is 18.2 Å². The van der Waals surface area contributed by atoms with Gasteiger partial charge in [-0.1, -0.05) is 12.1 Å². The molecule has 0 saturated heterocycles. The van der Waals surface area contributed by atoms with E-state index in [2.05, 4.69) is 23.5 Å². The number of fused-ring (bicyclic) bond motifs is 1. The number of halogens is 1. The van der Waals surface area contributed by atoms with E-state index in [1.807, 2.05) is 0 Å². The Morgan fingerprint density at radius 1 is 1.50 bits per heavy atom. The summed E-state index contributed by atoms with van der Waals surface area (Å²) in [6.45, 7) is 3.13. The van der Waals surface area contributed by atoms with Crippen LogP contribution in [0.15, 0.2) is 18.2 Å². The second kappa shape index (κ2) is 6.98. The molecule has 1 N–H and O–H groups in total. The third-order valence-electron chi connectivity index (χ3n) is 3.06. The summed E-state index contributed by atoms with van der Waals surface area (Å²) in [7, 11) is 1.67. The number of nitrogens with one attached hydrogen (secondary N) is 1. The zero-order valence-corrected chi connectivity index (χ0v) is 11.5. The van der Waals surface area contributed by atoms with E-state index in [9.17, 15) is 0 Å². The largest absolute Gasteiger partial charge is 0.493 e. The zero-order valence-electron chi connectivity index (χ0n) is 10.7. The third kappa shape index (κ3) is 3.87. The molecule has 1 unspecified atom stereocenters. The van der Waals surface area contributed by atoms with E-state index in [1.165, 1.54) is 11.1 Å². The van der Waals surface area contributed by atoms with Crippen LogP contribution >= 0.6 is 11.6 Å². The van der Waals surface area contributed by atoms with Crippen LogP contribution in [0.2, 0.25) is 0 Å². The van der Waals surface area contributed by atoms with Gasteiger partial charge in [-0.25, -0.2) is 0 Å². The van der Waals surface area contributed by atoms with Crippen molar-refractivity contribution < 1.29 is 9.47 Å². The first kappa shape index (κ1) is 13.7. The summed E-state index contributed by atoms with van der Waals surface area (Å²) < 4.78 is 10.5. The van der Waals surface area contributed by atoms with Gasteiger partial charge in [-0.2, -0.15) is 0 Å². The lowest BCUT2D eigenvalue weighted by Gasteiger charge is -2.10. The summed E-state index contributed by atoms with van der Waals surface area (Å²) in [6, 6.07) is 6.46. The molecule has 0 fully saturated rings. The molecule has 0 spiro atoms. The van der Waals surface area contributed by atoms with Crippen molar-refractivity contribution in [1.29, 1.82) is 0 Å². The van der Waals surface area contributed by atoms with Gasteiger partial charge in [0.2, 0.25) is 0 Å². The van der Waals surface area contributed by atoms with Crippen LogP contribution in [-0.2, 0) is 17.6 Å². The highest BCUT2D eigenvalue weighted by atomic mass is 35.5. The van der Waals surface area contributed by atoms with E-state index >= 15 is 0 Å². The molecule has 100 valence electrons. The van der Waals surface area contributed by atoms with Gasteiger partial charge in [0.1, 0.15) is 5.75 Å². The van der Waals surface area contributed by atoms with Gasteiger partial charge in [0.25, 0.3) is 0 Å². The number of alkyl halides is 1. The monoisotopic (exact) mass is 269 g/mol. The molecule has 0 amide bonds. The summed E-state index contributed by atoms with van der Waals surface area (Å²) >= 11 is 6.04. The standard InChI is InChI=1S/C14H20ClNO2/c1-17-10-13(15)9-16-6-4-11-2-3-14-12(8-11)5-7-18-14/h2-3,8,13,16H,4-7,9-10H2,1H3. The summed E-state index contributed by atoms with van der Waals surface area (Å²) in [6.07, 6.45) is 2.05. The average Bonchev–Trinajstić information content (AvgIpc) is 2.82. The fraction of sp³-hybridized carbons (Fsp3) is 0.571. The minimum atomic E-state index is 0.0448. The molecule has 4 heteroatoms. The van der Waals surface area contributed by atoms with Gasteiger partial charge in [0.05, 0.1) is 18.6 Å². The van der Waals surface area contributed by atoms with Gasteiger partial charge < -0.3 is 14.8 Å². The van der Waals surface area contributed by atoms with Crippen molar-refractivity contribution in [3.63, 3.8) is 0 Å². The molecule has 18 heavy (non-hydrogen) atoms. The van der Waals surface area contributed by atoms with Crippen LogP contribution < -0.4 is 10.1 Å². The van der Waals surface area contributed by atoms with Crippen molar-refractivity contribution in [2.24, 2.45) is 0 Å². The first-order chi connectivity index (χ1) is 8.79. The zero-order chi connectivity index (χ0) is 12.8. The molecule has 0 radical (unpaired) electrons. The van der Waals surface area contributed by atoms with E-state index in [0.717, 1.165) is 38.3 Å². The fourth-order valence-corrected chi connectivity index (χ4v) is 2.36. The van der Waals surface area contributed by atoms with Crippen LogP contribution in [0.5, 0.6) is 5.75 Å². The number of rotatable bonds is 7. The molecule has 1 aromatic carbocycles. The van der Waals surface area contributed by atoms with Crippen molar-refractivity contribution in [2.75, 3.05) is 33.4 Å². The molecule has 1 aromatic rings. The maximum Gasteiger partial charge on any atom is 0.122 e. The van der Waals surface area contributed by atoms with E-state index in [4.69, 9.17) is 21.1 Å². The number of hydrogen-bond donors (Lipinski definition) is 1. The van der Waals surface area contributed by atoms with Gasteiger partial charge in [-0.05, 0) is 30.2 Å². The SMILES string of the molecule is COCC(Cl)CNCCc1ccc2c(c1)CCO2. The van der Waals surface area contributed by atoms with Crippen LogP contribution in [0, 0.1) is 0 Å². The predicted octanol–water partition coefficient (Wildman–Crippen LogP) is 2.01. The molecule has 2 rings (SSSR count). The van der Waals surface area contributed by atoms with Crippen LogP contribution in [0.3, 0.4) is 0 Å². The van der Waals surface area contributed by atoms with Crippen LogP contribution in [0.25, 0.3) is 0 Å². The molecule has 0 aliphatic carbocycles. The Morgan fingerprint density at radius 2 is 2.39 bits per heavy atom. The number of methoxy groups -OCH3 is 1. The molecular formula is C14H20ClNO2. The Hall–Kier alpha value is -0.770. The maximum atomic E-state index is 6.04. The van der Waals surface area contributed by atoms with Gasteiger partial charge in [-0.3, -0.25) is 0 Å². The highest BCUT2D eigenvalue weighted by Crippen LogP contribution is 2.25. The van der Waals surface area contributed by atoms with Crippen molar-refractivity contribution in [1.82, 2.24) is 5.32 Å². The van der Waals surface area contributed by atoms with Gasteiger partial charge in [0.15, 0.2) is 0 Å². The molecule has 1 aliphatic heterocycles.